The zero-order chi connectivity index (χ0) is 22.9. The first-order valence-electron chi connectivity index (χ1n) is 11.5. The van der Waals surface area contributed by atoms with E-state index in [4.69, 9.17) is 0 Å². The summed E-state index contributed by atoms with van der Waals surface area (Å²) in [5.74, 6) is 1.18. The van der Waals surface area contributed by atoms with Crippen LogP contribution in [0.3, 0.4) is 0 Å². The van der Waals surface area contributed by atoms with Crippen molar-refractivity contribution < 1.29 is 4.57 Å². The second-order valence-electron chi connectivity index (χ2n) is 8.68. The van der Waals surface area contributed by atoms with Crippen molar-refractivity contribution in [1.82, 2.24) is 4.57 Å². The molecule has 0 spiro atoms. The van der Waals surface area contributed by atoms with Gasteiger partial charge in [0.05, 0.1) is 5.56 Å². The van der Waals surface area contributed by atoms with Gasteiger partial charge in [-0.2, -0.15) is 9.13 Å². The first kappa shape index (κ1) is 21.0. The molecule has 33 heavy (non-hydrogen) atoms. The van der Waals surface area contributed by atoms with E-state index in [0.717, 1.165) is 5.69 Å². The summed E-state index contributed by atoms with van der Waals surface area (Å²) in [5.41, 5.74) is 11.1. The number of hydrogen-bond acceptors (Lipinski definition) is 0. The quantitative estimate of drug-likeness (QED) is 0.265. The average molecular weight is 430 g/mol. The van der Waals surface area contributed by atoms with Gasteiger partial charge in [0, 0.05) is 12.5 Å². The number of hydrogen-bond donors (Lipinski definition) is 0. The molecule has 0 aliphatic carbocycles. The summed E-state index contributed by atoms with van der Waals surface area (Å²) in [4.78, 5) is 0. The van der Waals surface area contributed by atoms with Crippen LogP contribution in [-0.4, -0.2) is 4.57 Å². The molecule has 0 amide bonds. The highest BCUT2D eigenvalue weighted by Gasteiger charge is 2.34. The first-order chi connectivity index (χ1) is 16.1. The lowest BCUT2D eigenvalue weighted by molar-refractivity contribution is -0.589. The molecule has 1 heterocycles. The largest absolute Gasteiger partial charge is 0.300 e. The molecule has 1 aromatic heterocycles. The van der Waals surface area contributed by atoms with Gasteiger partial charge in [0.15, 0.2) is 11.4 Å². The summed E-state index contributed by atoms with van der Waals surface area (Å²) in [7, 11) is 0. The molecule has 0 aliphatic heterocycles. The molecular formula is C31H29N2+. The van der Waals surface area contributed by atoms with Crippen molar-refractivity contribution >= 4 is 0 Å². The number of benzene rings is 4. The Bertz CT molecular complexity index is 1410. The Morgan fingerprint density at radius 2 is 1.09 bits per heavy atom. The van der Waals surface area contributed by atoms with E-state index >= 15 is 0 Å². The van der Waals surface area contributed by atoms with Gasteiger partial charge in [-0.25, -0.2) is 0 Å². The van der Waals surface area contributed by atoms with Crippen molar-refractivity contribution in [1.29, 1.82) is 0 Å². The van der Waals surface area contributed by atoms with Gasteiger partial charge < -0.3 is 0 Å². The fraction of sp³-hybridized carbons (Fsp3) is 0.129. The van der Waals surface area contributed by atoms with Gasteiger partial charge in [-0.1, -0.05) is 84.9 Å². The molecule has 0 N–H and O–H groups in total. The molecule has 0 saturated carbocycles. The lowest BCUT2D eigenvalue weighted by atomic mass is 10.0. The fourth-order valence-corrected chi connectivity index (χ4v) is 4.89. The molecule has 0 radical (unpaired) electrons. The number of nitrogens with zero attached hydrogens (tertiary/aromatic N) is 2. The minimum Gasteiger partial charge on any atom is -0.192 e. The van der Waals surface area contributed by atoms with Crippen molar-refractivity contribution in [3.05, 3.63) is 126 Å². The monoisotopic (exact) mass is 429 g/mol. The van der Waals surface area contributed by atoms with Gasteiger partial charge in [-0.15, -0.1) is 0 Å². The Labute approximate surface area is 196 Å². The molecule has 0 fully saturated rings. The third-order valence-corrected chi connectivity index (χ3v) is 6.45. The molecule has 2 heteroatoms. The second-order valence-corrected chi connectivity index (χ2v) is 8.68. The zero-order valence-electron chi connectivity index (χ0n) is 19.7. The van der Waals surface area contributed by atoms with Crippen LogP contribution >= 0.6 is 0 Å². The molecule has 0 saturated heterocycles. The normalized spacial score (nSPS) is 11.0. The number of rotatable bonds is 4. The van der Waals surface area contributed by atoms with Crippen LogP contribution in [0.2, 0.25) is 0 Å². The Morgan fingerprint density at radius 3 is 1.73 bits per heavy atom. The van der Waals surface area contributed by atoms with Crippen molar-refractivity contribution in [2.24, 2.45) is 0 Å². The van der Waals surface area contributed by atoms with Crippen LogP contribution in [0.15, 0.2) is 103 Å². The Morgan fingerprint density at radius 1 is 0.545 bits per heavy atom. The SMILES string of the molecule is Cc1ccccc1-[n+]1c(C)c(-c2ccccc2)n(-c2ccccc2)c1-c1c(C)cccc1C. The summed E-state index contributed by atoms with van der Waals surface area (Å²) >= 11 is 0. The smallest absolute Gasteiger partial charge is 0.192 e. The first-order valence-corrected chi connectivity index (χ1v) is 11.5. The highest BCUT2D eigenvalue weighted by atomic mass is 15.2. The summed E-state index contributed by atoms with van der Waals surface area (Å²) < 4.78 is 4.88. The molecule has 5 aromatic rings. The highest BCUT2D eigenvalue weighted by Crippen LogP contribution is 2.36. The van der Waals surface area contributed by atoms with Crippen LogP contribution in [0.25, 0.3) is 34.0 Å². The minimum absolute atomic E-state index is 1.16. The predicted octanol–water partition coefficient (Wildman–Crippen LogP) is 7.32. The van der Waals surface area contributed by atoms with E-state index < -0.39 is 0 Å². The van der Waals surface area contributed by atoms with Gasteiger partial charge >= 0.3 is 5.82 Å². The molecular weight excluding hydrogens is 400 g/mol. The maximum absolute atomic E-state index is 2.44. The van der Waals surface area contributed by atoms with E-state index in [1.54, 1.807) is 0 Å². The third-order valence-electron chi connectivity index (χ3n) is 6.45. The number of imidazole rings is 1. The van der Waals surface area contributed by atoms with Crippen LogP contribution < -0.4 is 4.57 Å². The van der Waals surface area contributed by atoms with E-state index in [1.165, 1.54) is 50.7 Å². The minimum atomic E-state index is 1.16. The van der Waals surface area contributed by atoms with E-state index in [-0.39, 0.29) is 0 Å². The number of para-hydroxylation sites is 2. The maximum Gasteiger partial charge on any atom is 0.300 e. The molecule has 0 unspecified atom stereocenters. The summed E-state index contributed by atoms with van der Waals surface area (Å²) in [6, 6.07) is 36.7. The Balaban J connectivity index is 2.02. The van der Waals surface area contributed by atoms with E-state index in [0.29, 0.717) is 0 Å². The van der Waals surface area contributed by atoms with E-state index in [1.807, 2.05) is 0 Å². The van der Waals surface area contributed by atoms with Crippen LogP contribution in [0.4, 0.5) is 0 Å². The molecule has 162 valence electrons. The fourth-order valence-electron chi connectivity index (χ4n) is 4.89. The number of aryl methyl sites for hydroxylation is 3. The zero-order valence-corrected chi connectivity index (χ0v) is 19.7. The van der Waals surface area contributed by atoms with Crippen LogP contribution in [0.1, 0.15) is 22.4 Å². The summed E-state index contributed by atoms with van der Waals surface area (Å²) in [6.45, 7) is 8.86. The Hall–Kier alpha value is -3.91. The average Bonchev–Trinajstić information content (AvgIpc) is 3.13. The van der Waals surface area contributed by atoms with E-state index in [2.05, 4.69) is 140 Å². The second kappa shape index (κ2) is 8.55. The number of aromatic nitrogens is 2. The van der Waals surface area contributed by atoms with Gasteiger partial charge in [0.25, 0.3) is 0 Å². The van der Waals surface area contributed by atoms with Crippen molar-refractivity contribution in [2.75, 3.05) is 0 Å². The lowest BCUT2D eigenvalue weighted by Gasteiger charge is -2.12. The van der Waals surface area contributed by atoms with Crippen LogP contribution in [0.5, 0.6) is 0 Å². The molecule has 0 aliphatic rings. The van der Waals surface area contributed by atoms with Crippen molar-refractivity contribution in [2.45, 2.75) is 27.7 Å². The van der Waals surface area contributed by atoms with Gasteiger partial charge in [0.1, 0.15) is 11.4 Å². The predicted molar refractivity (Wildman–Crippen MR) is 137 cm³/mol. The Kier molecular flexibility index (Phi) is 5.43. The van der Waals surface area contributed by atoms with Crippen LogP contribution in [-0.2, 0) is 0 Å². The molecule has 2 nitrogen and oxygen atoms in total. The summed E-state index contributed by atoms with van der Waals surface area (Å²) in [5, 5.41) is 0. The van der Waals surface area contributed by atoms with E-state index in [9.17, 15) is 0 Å². The lowest BCUT2D eigenvalue weighted by Crippen LogP contribution is -2.36. The standard InChI is InChI=1S/C31H29N2/c1-22-14-11-12-21-28(22)32-25(4)30(26-17-7-5-8-18-26)33(27-19-9-6-10-20-27)31(32)29-23(2)15-13-16-24(29)3/h5-21H,1-4H3/q+1. The summed E-state index contributed by atoms with van der Waals surface area (Å²) in [6.07, 6.45) is 0. The highest BCUT2D eigenvalue weighted by molar-refractivity contribution is 5.73. The molecule has 0 bridgehead atoms. The molecule has 0 atom stereocenters. The van der Waals surface area contributed by atoms with Crippen LogP contribution in [0, 0.1) is 27.7 Å². The van der Waals surface area contributed by atoms with Crippen molar-refractivity contribution in [3.63, 3.8) is 0 Å². The van der Waals surface area contributed by atoms with Gasteiger partial charge in [0.2, 0.25) is 0 Å². The topological polar surface area (TPSA) is 8.81 Å². The van der Waals surface area contributed by atoms with Gasteiger partial charge in [-0.3, -0.25) is 0 Å². The third kappa shape index (κ3) is 3.58. The van der Waals surface area contributed by atoms with Crippen molar-refractivity contribution in [3.8, 4) is 34.0 Å². The molecule has 4 aromatic carbocycles. The van der Waals surface area contributed by atoms with Gasteiger partial charge in [-0.05, 0) is 55.7 Å². The maximum atomic E-state index is 2.44. The molecule has 5 rings (SSSR count).